The highest BCUT2D eigenvalue weighted by atomic mass is 16.6. The summed E-state index contributed by atoms with van der Waals surface area (Å²) in [6.45, 7) is 2.24. The largest absolute Gasteiger partial charge is 0.399 e. The molecule has 0 aliphatic heterocycles. The fourth-order valence-electron chi connectivity index (χ4n) is 3.83. The number of rotatable bonds is 13. The Morgan fingerprint density at radius 2 is 1.24 bits per heavy atom. The van der Waals surface area contributed by atoms with E-state index in [-0.39, 0.29) is 10.6 Å². The number of anilines is 1. The minimum absolute atomic E-state index is 0.0801. The fourth-order valence-corrected chi connectivity index (χ4v) is 3.83. The van der Waals surface area contributed by atoms with Crippen LogP contribution < -0.4 is 11.5 Å². The topological polar surface area (TPSA) is 95.2 Å². The summed E-state index contributed by atoms with van der Waals surface area (Å²) in [5.41, 5.74) is 14.7. The van der Waals surface area contributed by atoms with Gasteiger partial charge < -0.3 is 11.5 Å². The zero-order valence-electron chi connectivity index (χ0n) is 17.6. The number of unbranched alkanes of at least 4 members (excludes halogenated alkanes) is 8. The third kappa shape index (κ3) is 6.86. The number of nitrogens with two attached hydrogens (primary N) is 2. The Bertz CT molecular complexity index is 744. The van der Waals surface area contributed by atoms with E-state index < -0.39 is 5.54 Å². The molecule has 2 aromatic carbocycles. The van der Waals surface area contributed by atoms with Crippen molar-refractivity contribution in [3.8, 4) is 0 Å². The SMILES string of the molecule is CCCCCCCCCCCC(N)(c1ccc(N)cc1)c1ccc([N+](=O)[O-])cc1. The van der Waals surface area contributed by atoms with Crippen molar-refractivity contribution in [3.05, 3.63) is 69.8 Å². The van der Waals surface area contributed by atoms with E-state index in [9.17, 15) is 10.1 Å². The van der Waals surface area contributed by atoms with E-state index >= 15 is 0 Å². The molecule has 0 saturated carbocycles. The van der Waals surface area contributed by atoms with Gasteiger partial charge in [0.15, 0.2) is 0 Å². The van der Waals surface area contributed by atoms with Crippen molar-refractivity contribution in [2.24, 2.45) is 5.73 Å². The van der Waals surface area contributed by atoms with Crippen LogP contribution >= 0.6 is 0 Å². The summed E-state index contributed by atoms with van der Waals surface area (Å²) >= 11 is 0. The van der Waals surface area contributed by atoms with Gasteiger partial charge in [-0.2, -0.15) is 0 Å². The normalized spacial score (nSPS) is 13.2. The highest BCUT2D eigenvalue weighted by Gasteiger charge is 2.29. The molecule has 2 aromatic rings. The van der Waals surface area contributed by atoms with Gasteiger partial charge in [-0.25, -0.2) is 0 Å². The minimum Gasteiger partial charge on any atom is -0.399 e. The summed E-state index contributed by atoms with van der Waals surface area (Å²) in [4.78, 5) is 10.6. The number of non-ortho nitro benzene ring substituents is 1. The summed E-state index contributed by atoms with van der Waals surface area (Å²) in [7, 11) is 0. The molecule has 0 saturated heterocycles. The molecular weight excluding hydrogens is 362 g/mol. The summed E-state index contributed by atoms with van der Waals surface area (Å²) < 4.78 is 0. The number of nitrogens with zero attached hydrogens (tertiary/aromatic N) is 1. The van der Waals surface area contributed by atoms with Crippen LogP contribution in [0, 0.1) is 10.1 Å². The monoisotopic (exact) mass is 397 g/mol. The first-order chi connectivity index (χ1) is 14.0. The molecule has 2 rings (SSSR count). The zero-order valence-corrected chi connectivity index (χ0v) is 17.6. The second-order valence-electron chi connectivity index (χ2n) is 7.98. The molecule has 29 heavy (non-hydrogen) atoms. The van der Waals surface area contributed by atoms with Crippen LogP contribution in [0.4, 0.5) is 11.4 Å². The lowest BCUT2D eigenvalue weighted by Gasteiger charge is -2.31. The van der Waals surface area contributed by atoms with Gasteiger partial charge in [-0.05, 0) is 29.7 Å². The summed E-state index contributed by atoms with van der Waals surface area (Å²) in [6, 6.07) is 14.3. The van der Waals surface area contributed by atoms with Crippen molar-refractivity contribution in [2.45, 2.75) is 76.7 Å². The molecule has 0 spiro atoms. The average Bonchev–Trinajstić information content (AvgIpc) is 2.73. The molecule has 0 bridgehead atoms. The predicted octanol–water partition coefficient (Wildman–Crippen LogP) is 6.30. The highest BCUT2D eigenvalue weighted by Crippen LogP contribution is 2.34. The van der Waals surface area contributed by atoms with Crippen LogP contribution in [0.1, 0.15) is 82.3 Å². The smallest absolute Gasteiger partial charge is 0.269 e. The van der Waals surface area contributed by atoms with E-state index in [1.54, 1.807) is 12.1 Å². The Kier molecular flexibility index (Phi) is 9.13. The van der Waals surface area contributed by atoms with E-state index in [4.69, 9.17) is 11.5 Å². The number of hydrogen-bond acceptors (Lipinski definition) is 4. The van der Waals surface area contributed by atoms with Crippen LogP contribution in [0.3, 0.4) is 0 Å². The number of nitrogen functional groups attached to an aromatic ring is 1. The summed E-state index contributed by atoms with van der Waals surface area (Å²) in [6.07, 6.45) is 12.1. The number of nitro benzene ring substituents is 1. The maximum atomic E-state index is 11.0. The first-order valence-corrected chi connectivity index (χ1v) is 10.9. The highest BCUT2D eigenvalue weighted by molar-refractivity contribution is 5.46. The van der Waals surface area contributed by atoms with Gasteiger partial charge in [0, 0.05) is 17.8 Å². The first kappa shape index (κ1) is 22.9. The van der Waals surface area contributed by atoms with Crippen molar-refractivity contribution in [2.75, 3.05) is 5.73 Å². The van der Waals surface area contributed by atoms with Crippen LogP contribution in [0.25, 0.3) is 0 Å². The Morgan fingerprint density at radius 3 is 1.72 bits per heavy atom. The van der Waals surface area contributed by atoms with Crippen LogP contribution in [0.2, 0.25) is 0 Å². The molecule has 0 radical (unpaired) electrons. The zero-order chi connectivity index (χ0) is 21.1. The predicted molar refractivity (Wildman–Crippen MR) is 121 cm³/mol. The van der Waals surface area contributed by atoms with Gasteiger partial charge in [0.25, 0.3) is 5.69 Å². The molecule has 1 atom stereocenters. The molecule has 0 aliphatic carbocycles. The summed E-state index contributed by atoms with van der Waals surface area (Å²) in [5.74, 6) is 0. The molecule has 0 heterocycles. The van der Waals surface area contributed by atoms with Crippen molar-refractivity contribution >= 4 is 11.4 Å². The minimum atomic E-state index is -0.677. The Hall–Kier alpha value is -2.40. The lowest BCUT2D eigenvalue weighted by molar-refractivity contribution is -0.384. The van der Waals surface area contributed by atoms with Gasteiger partial charge in [0.2, 0.25) is 0 Å². The van der Waals surface area contributed by atoms with E-state index in [1.807, 2.05) is 24.3 Å². The molecule has 1 unspecified atom stereocenters. The number of benzene rings is 2. The van der Waals surface area contributed by atoms with Crippen molar-refractivity contribution < 1.29 is 4.92 Å². The summed E-state index contributed by atoms with van der Waals surface area (Å²) in [5, 5.41) is 11.0. The van der Waals surface area contributed by atoms with Gasteiger partial charge in [-0.1, -0.05) is 89.0 Å². The third-order valence-electron chi connectivity index (χ3n) is 5.69. The van der Waals surface area contributed by atoms with Crippen molar-refractivity contribution in [1.82, 2.24) is 0 Å². The Morgan fingerprint density at radius 1 is 0.793 bits per heavy atom. The molecule has 5 heteroatoms. The van der Waals surface area contributed by atoms with E-state index in [0.29, 0.717) is 5.69 Å². The molecule has 0 aromatic heterocycles. The van der Waals surface area contributed by atoms with Gasteiger partial charge in [0.1, 0.15) is 0 Å². The number of hydrogen-bond donors (Lipinski definition) is 2. The molecule has 0 aliphatic rings. The van der Waals surface area contributed by atoms with Crippen LogP contribution in [-0.4, -0.2) is 4.92 Å². The maximum absolute atomic E-state index is 11.0. The quantitative estimate of drug-likeness (QED) is 0.179. The van der Waals surface area contributed by atoms with E-state index in [1.165, 1.54) is 57.1 Å². The number of nitro groups is 1. The molecule has 5 nitrogen and oxygen atoms in total. The van der Waals surface area contributed by atoms with Gasteiger partial charge >= 0.3 is 0 Å². The lowest BCUT2D eigenvalue weighted by Crippen LogP contribution is -2.38. The van der Waals surface area contributed by atoms with E-state index in [0.717, 1.165) is 30.4 Å². The van der Waals surface area contributed by atoms with Crippen molar-refractivity contribution in [1.29, 1.82) is 0 Å². The molecule has 0 fully saturated rings. The van der Waals surface area contributed by atoms with Gasteiger partial charge in [-0.3, -0.25) is 10.1 Å². The van der Waals surface area contributed by atoms with Crippen LogP contribution in [0.15, 0.2) is 48.5 Å². The maximum Gasteiger partial charge on any atom is 0.269 e. The molecular formula is C24H35N3O2. The molecule has 0 amide bonds. The lowest BCUT2D eigenvalue weighted by atomic mass is 9.79. The Labute approximate surface area is 174 Å². The molecule has 158 valence electrons. The van der Waals surface area contributed by atoms with E-state index in [2.05, 4.69) is 6.92 Å². The fraction of sp³-hybridized carbons (Fsp3) is 0.500. The van der Waals surface area contributed by atoms with Crippen LogP contribution in [-0.2, 0) is 5.54 Å². The van der Waals surface area contributed by atoms with Crippen molar-refractivity contribution in [3.63, 3.8) is 0 Å². The first-order valence-electron chi connectivity index (χ1n) is 10.9. The standard InChI is InChI=1S/C24H35N3O2/c1-2-3-4-5-6-7-8-9-10-19-24(26,20-11-15-22(25)16-12-20)21-13-17-23(18-14-21)27(28)29/h11-18H,2-10,19,25-26H2,1H3. The molecule has 4 N–H and O–H groups in total. The second kappa shape index (κ2) is 11.6. The second-order valence-corrected chi connectivity index (χ2v) is 7.98. The van der Waals surface area contributed by atoms with Gasteiger partial charge in [0.05, 0.1) is 10.5 Å². The average molecular weight is 398 g/mol. The third-order valence-corrected chi connectivity index (χ3v) is 5.69. The Balaban J connectivity index is 2.00. The van der Waals surface area contributed by atoms with Crippen LogP contribution in [0.5, 0.6) is 0 Å². The van der Waals surface area contributed by atoms with Gasteiger partial charge in [-0.15, -0.1) is 0 Å².